The van der Waals surface area contributed by atoms with Crippen LogP contribution in [0.5, 0.6) is 0 Å². The Morgan fingerprint density at radius 3 is 2.59 bits per heavy atom. The summed E-state index contributed by atoms with van der Waals surface area (Å²) in [6, 6.07) is 9.36. The molecule has 0 heterocycles. The van der Waals surface area contributed by atoms with E-state index < -0.39 is 12.0 Å². The summed E-state index contributed by atoms with van der Waals surface area (Å²) in [5.74, 6) is -0.609. The number of hydrogen-bond acceptors (Lipinski definition) is 3. The van der Waals surface area contributed by atoms with Crippen molar-refractivity contribution >= 4 is 5.97 Å². The molecule has 2 atom stereocenters. The van der Waals surface area contributed by atoms with Gasteiger partial charge in [-0.2, -0.15) is 0 Å². The van der Waals surface area contributed by atoms with Crippen LogP contribution in [0, 0.1) is 0 Å². The Kier molecular flexibility index (Phi) is 5.66. The van der Waals surface area contributed by atoms with Crippen molar-refractivity contribution in [2.24, 2.45) is 0 Å². The van der Waals surface area contributed by atoms with Crippen LogP contribution in [0.1, 0.15) is 18.4 Å². The monoisotopic (exact) mass is 237 g/mol. The molecule has 0 bridgehead atoms. The van der Waals surface area contributed by atoms with Gasteiger partial charge in [0.15, 0.2) is 0 Å². The van der Waals surface area contributed by atoms with E-state index in [2.05, 4.69) is 12.2 Å². The van der Waals surface area contributed by atoms with Crippen LogP contribution in [0.2, 0.25) is 0 Å². The highest BCUT2D eigenvalue weighted by Gasteiger charge is 2.17. The second kappa shape index (κ2) is 7.04. The van der Waals surface area contributed by atoms with E-state index in [1.807, 2.05) is 30.3 Å². The number of carbonyl (C=O) groups is 1. The van der Waals surface area contributed by atoms with Gasteiger partial charge in [0, 0.05) is 13.7 Å². The van der Waals surface area contributed by atoms with Gasteiger partial charge in [-0.1, -0.05) is 37.3 Å². The molecule has 4 heteroatoms. The van der Waals surface area contributed by atoms with Crippen LogP contribution in [0.15, 0.2) is 30.3 Å². The summed E-state index contributed by atoms with van der Waals surface area (Å²) in [6.07, 6.45) is 0. The minimum atomic E-state index is -0.882. The average Bonchev–Trinajstić information content (AvgIpc) is 2.34. The lowest BCUT2D eigenvalue weighted by atomic mass is 10.0. The van der Waals surface area contributed by atoms with E-state index in [9.17, 15) is 4.79 Å². The largest absolute Gasteiger partial charge is 0.480 e. The van der Waals surface area contributed by atoms with Gasteiger partial charge in [-0.25, -0.2) is 0 Å². The number of ether oxygens (including phenoxy) is 1. The fraction of sp³-hybridized carbons (Fsp3) is 0.462. The van der Waals surface area contributed by atoms with Crippen LogP contribution >= 0.6 is 0 Å². The van der Waals surface area contributed by atoms with E-state index >= 15 is 0 Å². The van der Waals surface area contributed by atoms with E-state index in [0.29, 0.717) is 6.54 Å². The topological polar surface area (TPSA) is 58.6 Å². The van der Waals surface area contributed by atoms with Gasteiger partial charge in [0.25, 0.3) is 0 Å². The van der Waals surface area contributed by atoms with Crippen molar-refractivity contribution in [1.29, 1.82) is 0 Å². The van der Waals surface area contributed by atoms with Gasteiger partial charge in [0.05, 0.1) is 6.61 Å². The Balaban J connectivity index is 2.46. The first kappa shape index (κ1) is 13.7. The smallest absolute Gasteiger partial charge is 0.323 e. The van der Waals surface area contributed by atoms with Crippen molar-refractivity contribution < 1.29 is 14.6 Å². The summed E-state index contributed by atoms with van der Waals surface area (Å²) in [6.45, 7) is 2.86. The Morgan fingerprint density at radius 1 is 1.41 bits per heavy atom. The first-order chi connectivity index (χ1) is 8.15. The normalized spacial score (nSPS) is 14.2. The highest BCUT2D eigenvalue weighted by atomic mass is 16.5. The molecular weight excluding hydrogens is 218 g/mol. The van der Waals surface area contributed by atoms with Crippen molar-refractivity contribution in [1.82, 2.24) is 5.32 Å². The van der Waals surface area contributed by atoms with Crippen LogP contribution < -0.4 is 5.32 Å². The summed E-state index contributed by atoms with van der Waals surface area (Å²) in [5, 5.41) is 11.9. The zero-order chi connectivity index (χ0) is 12.7. The van der Waals surface area contributed by atoms with Gasteiger partial charge in [-0.15, -0.1) is 0 Å². The van der Waals surface area contributed by atoms with Crippen molar-refractivity contribution in [3.05, 3.63) is 35.9 Å². The summed E-state index contributed by atoms with van der Waals surface area (Å²) >= 11 is 0. The third-order valence-corrected chi connectivity index (χ3v) is 2.67. The first-order valence-corrected chi connectivity index (χ1v) is 5.65. The van der Waals surface area contributed by atoms with Gasteiger partial charge >= 0.3 is 5.97 Å². The molecule has 0 saturated heterocycles. The van der Waals surface area contributed by atoms with Gasteiger partial charge in [-0.3, -0.25) is 4.79 Å². The van der Waals surface area contributed by atoms with E-state index in [1.165, 1.54) is 12.7 Å². The molecular formula is C13H19NO3. The molecule has 0 spiro atoms. The molecule has 1 aromatic carbocycles. The van der Waals surface area contributed by atoms with Crippen LogP contribution in [0.4, 0.5) is 0 Å². The van der Waals surface area contributed by atoms with Crippen LogP contribution in [0.25, 0.3) is 0 Å². The maximum Gasteiger partial charge on any atom is 0.323 e. The van der Waals surface area contributed by atoms with Crippen molar-refractivity contribution in [2.45, 2.75) is 18.9 Å². The van der Waals surface area contributed by atoms with E-state index in [4.69, 9.17) is 9.84 Å². The zero-order valence-corrected chi connectivity index (χ0v) is 10.2. The maximum absolute atomic E-state index is 10.9. The number of rotatable bonds is 7. The molecule has 0 amide bonds. The summed E-state index contributed by atoms with van der Waals surface area (Å²) < 4.78 is 4.86. The Bertz CT molecular complexity index is 340. The van der Waals surface area contributed by atoms with Crippen molar-refractivity contribution in [2.75, 3.05) is 20.3 Å². The number of carboxylic acid groups (broad SMARTS) is 1. The summed E-state index contributed by atoms with van der Waals surface area (Å²) in [5.41, 5.74) is 1.20. The molecule has 2 N–H and O–H groups in total. The molecule has 94 valence electrons. The molecule has 0 aliphatic carbocycles. The van der Waals surface area contributed by atoms with E-state index in [0.717, 1.165) is 0 Å². The summed E-state index contributed by atoms with van der Waals surface area (Å²) in [4.78, 5) is 10.9. The molecule has 17 heavy (non-hydrogen) atoms. The standard InChI is InChI=1S/C13H19NO3/c1-10(11-6-4-3-5-7-11)8-14-12(9-17-2)13(15)16/h3-7,10,12,14H,8-9H2,1-2H3,(H,15,16). The number of nitrogens with one attached hydrogen (secondary N) is 1. The molecule has 2 unspecified atom stereocenters. The number of aliphatic carboxylic acids is 1. The molecule has 0 radical (unpaired) electrons. The third kappa shape index (κ3) is 4.54. The number of carboxylic acids is 1. The Hall–Kier alpha value is -1.39. The molecule has 1 aromatic rings. The number of benzene rings is 1. The molecule has 0 fully saturated rings. The Labute approximate surface area is 102 Å². The van der Waals surface area contributed by atoms with Gasteiger partial charge < -0.3 is 15.2 Å². The van der Waals surface area contributed by atoms with E-state index in [-0.39, 0.29) is 12.5 Å². The predicted octanol–water partition coefficient (Wildman–Crippen LogP) is 1.48. The quantitative estimate of drug-likeness (QED) is 0.754. The lowest BCUT2D eigenvalue weighted by molar-refractivity contribution is -0.140. The van der Waals surface area contributed by atoms with Gasteiger partial charge in [0.1, 0.15) is 6.04 Å². The molecule has 0 aromatic heterocycles. The second-order valence-corrected chi connectivity index (χ2v) is 4.07. The lowest BCUT2D eigenvalue weighted by Crippen LogP contribution is -2.41. The fourth-order valence-electron chi connectivity index (χ4n) is 1.60. The van der Waals surface area contributed by atoms with Gasteiger partial charge in [0.2, 0.25) is 0 Å². The third-order valence-electron chi connectivity index (χ3n) is 2.67. The predicted molar refractivity (Wildman–Crippen MR) is 66.2 cm³/mol. The van der Waals surface area contributed by atoms with Crippen LogP contribution in [0.3, 0.4) is 0 Å². The molecule has 0 aliphatic heterocycles. The minimum absolute atomic E-state index is 0.177. The maximum atomic E-state index is 10.9. The fourth-order valence-corrected chi connectivity index (χ4v) is 1.60. The molecule has 1 rings (SSSR count). The second-order valence-electron chi connectivity index (χ2n) is 4.07. The average molecular weight is 237 g/mol. The summed E-state index contributed by atoms with van der Waals surface area (Å²) in [7, 11) is 1.50. The SMILES string of the molecule is COCC(NCC(C)c1ccccc1)C(=O)O. The minimum Gasteiger partial charge on any atom is -0.480 e. The van der Waals surface area contributed by atoms with Crippen LogP contribution in [-0.4, -0.2) is 37.4 Å². The molecule has 0 saturated carbocycles. The first-order valence-electron chi connectivity index (χ1n) is 5.65. The van der Waals surface area contributed by atoms with Crippen molar-refractivity contribution in [3.63, 3.8) is 0 Å². The lowest BCUT2D eigenvalue weighted by Gasteiger charge is -2.17. The zero-order valence-electron chi connectivity index (χ0n) is 10.2. The van der Waals surface area contributed by atoms with Gasteiger partial charge in [-0.05, 0) is 11.5 Å². The van der Waals surface area contributed by atoms with Crippen molar-refractivity contribution in [3.8, 4) is 0 Å². The highest BCUT2D eigenvalue weighted by molar-refractivity contribution is 5.73. The van der Waals surface area contributed by atoms with E-state index in [1.54, 1.807) is 0 Å². The Morgan fingerprint density at radius 2 is 2.06 bits per heavy atom. The van der Waals surface area contributed by atoms with Crippen LogP contribution in [-0.2, 0) is 9.53 Å². The number of methoxy groups -OCH3 is 1. The molecule has 4 nitrogen and oxygen atoms in total. The number of hydrogen-bond donors (Lipinski definition) is 2. The molecule has 0 aliphatic rings. The highest BCUT2D eigenvalue weighted by Crippen LogP contribution is 2.13.